The van der Waals surface area contributed by atoms with Crippen LogP contribution >= 0.6 is 0 Å². The molecule has 3 aliphatic rings. The smallest absolute Gasteiger partial charge is 0.338 e. The molecule has 4 heterocycles. The normalized spacial score (nSPS) is 24.8. The molecule has 2 aliphatic heterocycles. The second-order valence-corrected chi connectivity index (χ2v) is 10.9. The number of carbonyl (C=O) groups excluding carboxylic acids is 1. The van der Waals surface area contributed by atoms with Crippen LogP contribution in [0.4, 0.5) is 0 Å². The maximum atomic E-state index is 13.4. The van der Waals surface area contributed by atoms with E-state index in [-0.39, 0.29) is 23.7 Å². The van der Waals surface area contributed by atoms with Gasteiger partial charge in [-0.15, -0.1) is 5.10 Å². The zero-order valence-electron chi connectivity index (χ0n) is 22.5. The molecule has 1 fully saturated rings. The third-order valence-corrected chi connectivity index (χ3v) is 8.26. The monoisotopic (exact) mass is 505 g/mol. The molecule has 2 N–H and O–H groups in total. The van der Waals surface area contributed by atoms with Crippen LogP contribution < -0.4 is 5.32 Å². The Kier molecular flexibility index (Phi) is 7.10. The number of cyclic esters (lactones) is 1. The molecule has 1 saturated carbocycles. The molecule has 8 nitrogen and oxygen atoms in total. The van der Waals surface area contributed by atoms with E-state index in [1.165, 1.54) is 11.3 Å². The van der Waals surface area contributed by atoms with Gasteiger partial charge in [0.25, 0.3) is 5.78 Å². The summed E-state index contributed by atoms with van der Waals surface area (Å²) in [7, 11) is 0. The van der Waals surface area contributed by atoms with Gasteiger partial charge in [-0.2, -0.15) is 4.98 Å². The van der Waals surface area contributed by atoms with Crippen molar-refractivity contribution in [2.24, 2.45) is 5.92 Å². The molecule has 0 bridgehead atoms. The minimum atomic E-state index is -0.670. The minimum absolute atomic E-state index is 0.124. The number of esters is 1. The lowest BCUT2D eigenvalue weighted by atomic mass is 9.76. The molecule has 0 spiro atoms. The van der Waals surface area contributed by atoms with Crippen molar-refractivity contribution < 1.29 is 14.6 Å². The largest absolute Gasteiger partial charge is 0.512 e. The lowest BCUT2D eigenvalue weighted by Crippen LogP contribution is -2.46. The van der Waals surface area contributed by atoms with Gasteiger partial charge in [0.15, 0.2) is 5.82 Å². The predicted octanol–water partition coefficient (Wildman–Crippen LogP) is 5.35. The third-order valence-electron chi connectivity index (χ3n) is 8.26. The van der Waals surface area contributed by atoms with E-state index < -0.39 is 11.6 Å². The zero-order chi connectivity index (χ0) is 26.2. The van der Waals surface area contributed by atoms with Gasteiger partial charge in [0.05, 0.1) is 5.57 Å². The van der Waals surface area contributed by atoms with Crippen LogP contribution in [-0.4, -0.2) is 42.3 Å². The van der Waals surface area contributed by atoms with Crippen molar-refractivity contribution in [2.45, 2.75) is 104 Å². The van der Waals surface area contributed by atoms with Crippen LogP contribution in [0.5, 0.6) is 0 Å². The molecular formula is C29H39N5O3. The average molecular weight is 506 g/mol. The van der Waals surface area contributed by atoms with Crippen molar-refractivity contribution >= 4 is 11.7 Å². The summed E-state index contributed by atoms with van der Waals surface area (Å²) in [6.07, 6.45) is 12.9. The van der Waals surface area contributed by atoms with E-state index in [0.29, 0.717) is 30.5 Å². The topological polar surface area (TPSA) is 102 Å². The Labute approximate surface area is 218 Å². The summed E-state index contributed by atoms with van der Waals surface area (Å²) >= 11 is 0. The second kappa shape index (κ2) is 10.3. The van der Waals surface area contributed by atoms with Crippen molar-refractivity contribution in [3.05, 3.63) is 58.0 Å². The Morgan fingerprint density at radius 2 is 2.00 bits per heavy atom. The Balaban J connectivity index is 1.39. The van der Waals surface area contributed by atoms with Crippen LogP contribution in [0, 0.1) is 19.8 Å². The number of hydrogen-bond donors (Lipinski definition) is 2. The number of dihydropyridines is 1. The van der Waals surface area contributed by atoms with Crippen molar-refractivity contribution in [3.8, 4) is 0 Å². The minimum Gasteiger partial charge on any atom is -0.512 e. The van der Waals surface area contributed by atoms with E-state index in [9.17, 15) is 9.90 Å². The molecule has 37 heavy (non-hydrogen) atoms. The van der Waals surface area contributed by atoms with E-state index in [2.05, 4.69) is 46.4 Å². The van der Waals surface area contributed by atoms with Gasteiger partial charge >= 0.3 is 5.97 Å². The molecule has 1 aliphatic carbocycles. The molecule has 0 aromatic carbocycles. The standard InChI is InChI=1S/C29H39N5O3/c1-5-22-14-20(15-23(6-2)31-22)11-12-29(21-9-7-8-10-21)17-25(35)24(27(36)37-29)16-26-32-28-30-18(3)13-19(4)34(28)33-26/h13-15,21-22,31,35H,5-12,16-17H2,1-4H3/t22?,29-/m1/s1. The van der Waals surface area contributed by atoms with Crippen molar-refractivity contribution in [1.82, 2.24) is 24.9 Å². The lowest BCUT2D eigenvalue weighted by Gasteiger charge is -2.42. The summed E-state index contributed by atoms with van der Waals surface area (Å²) in [5.74, 6) is 0.902. The van der Waals surface area contributed by atoms with Crippen molar-refractivity contribution in [2.75, 3.05) is 0 Å². The predicted molar refractivity (Wildman–Crippen MR) is 142 cm³/mol. The highest BCUT2D eigenvalue weighted by atomic mass is 16.6. The van der Waals surface area contributed by atoms with Crippen LogP contribution in [0.1, 0.15) is 88.8 Å². The number of carbonyl (C=O) groups is 1. The number of rotatable bonds is 8. The lowest BCUT2D eigenvalue weighted by molar-refractivity contribution is -0.167. The number of hydrogen-bond acceptors (Lipinski definition) is 7. The summed E-state index contributed by atoms with van der Waals surface area (Å²) in [6.45, 7) is 8.21. The Morgan fingerprint density at radius 1 is 1.22 bits per heavy atom. The fourth-order valence-electron chi connectivity index (χ4n) is 6.22. The first-order chi connectivity index (χ1) is 17.8. The molecule has 2 aromatic rings. The highest BCUT2D eigenvalue weighted by molar-refractivity contribution is 5.90. The summed E-state index contributed by atoms with van der Waals surface area (Å²) in [5, 5.41) is 19.3. The molecule has 5 rings (SSSR count). The Morgan fingerprint density at radius 3 is 2.70 bits per heavy atom. The quantitative estimate of drug-likeness (QED) is 0.466. The molecule has 2 aromatic heterocycles. The highest BCUT2D eigenvalue weighted by Gasteiger charge is 2.48. The Bertz CT molecular complexity index is 1280. The summed E-state index contributed by atoms with van der Waals surface area (Å²) in [6, 6.07) is 2.28. The number of ether oxygens (including phenoxy) is 1. The van der Waals surface area contributed by atoms with Crippen molar-refractivity contribution in [3.63, 3.8) is 0 Å². The first kappa shape index (κ1) is 25.5. The maximum absolute atomic E-state index is 13.4. The fraction of sp³-hybridized carbons (Fsp3) is 0.586. The van der Waals surface area contributed by atoms with Gasteiger partial charge in [-0.3, -0.25) is 0 Å². The first-order valence-corrected chi connectivity index (χ1v) is 13.8. The molecular weight excluding hydrogens is 466 g/mol. The zero-order valence-corrected chi connectivity index (χ0v) is 22.5. The molecule has 1 unspecified atom stereocenters. The van der Waals surface area contributed by atoms with Gasteiger partial charge in [-0.1, -0.05) is 32.8 Å². The van der Waals surface area contributed by atoms with Gasteiger partial charge in [0, 0.05) is 36.0 Å². The van der Waals surface area contributed by atoms with Gasteiger partial charge < -0.3 is 15.2 Å². The average Bonchev–Trinajstić information content (AvgIpc) is 3.55. The number of nitrogens with zero attached hydrogens (tertiary/aromatic N) is 4. The van der Waals surface area contributed by atoms with E-state index >= 15 is 0 Å². The number of aryl methyl sites for hydroxylation is 2. The number of aliphatic hydroxyl groups is 1. The van der Waals surface area contributed by atoms with Crippen LogP contribution in [0.15, 0.2) is 40.8 Å². The second-order valence-electron chi connectivity index (χ2n) is 10.9. The molecule has 198 valence electrons. The summed E-state index contributed by atoms with van der Waals surface area (Å²) in [4.78, 5) is 22.4. The number of aliphatic hydroxyl groups excluding tert-OH is 1. The number of fused-ring (bicyclic) bond motifs is 1. The first-order valence-electron chi connectivity index (χ1n) is 13.8. The maximum Gasteiger partial charge on any atom is 0.338 e. The number of nitrogens with one attached hydrogen (secondary N) is 1. The van der Waals surface area contributed by atoms with Gasteiger partial charge in [-0.05, 0) is 76.0 Å². The summed E-state index contributed by atoms with van der Waals surface area (Å²) in [5.41, 5.74) is 3.92. The van der Waals surface area contributed by atoms with E-state index in [1.807, 2.05) is 19.9 Å². The SMILES string of the molecule is CCC1=CC(CC[C@]2(C3CCCC3)CC(O)=C(Cc3nc4nc(C)cc(C)n4n3)C(=O)O2)=CC(CC)N1. The van der Waals surface area contributed by atoms with Gasteiger partial charge in [0.1, 0.15) is 11.4 Å². The van der Waals surface area contributed by atoms with E-state index in [4.69, 9.17) is 4.74 Å². The van der Waals surface area contributed by atoms with E-state index in [0.717, 1.165) is 56.3 Å². The van der Waals surface area contributed by atoms with Gasteiger partial charge in [0.2, 0.25) is 0 Å². The molecule has 0 radical (unpaired) electrons. The molecule has 2 atom stereocenters. The molecule has 0 saturated heterocycles. The van der Waals surface area contributed by atoms with Crippen LogP contribution in [-0.2, 0) is 16.0 Å². The van der Waals surface area contributed by atoms with Crippen molar-refractivity contribution in [1.29, 1.82) is 0 Å². The molecule has 8 heteroatoms. The van der Waals surface area contributed by atoms with E-state index in [1.54, 1.807) is 4.52 Å². The van der Waals surface area contributed by atoms with Crippen LogP contribution in [0.2, 0.25) is 0 Å². The highest BCUT2D eigenvalue weighted by Crippen LogP contribution is 2.46. The van der Waals surface area contributed by atoms with Crippen LogP contribution in [0.3, 0.4) is 0 Å². The number of allylic oxidation sites excluding steroid dienone is 3. The van der Waals surface area contributed by atoms with Crippen LogP contribution in [0.25, 0.3) is 5.78 Å². The number of aromatic nitrogens is 4. The summed E-state index contributed by atoms with van der Waals surface area (Å²) < 4.78 is 8.00. The Hall–Kier alpha value is -3.16. The fourth-order valence-corrected chi connectivity index (χ4v) is 6.22. The third kappa shape index (κ3) is 5.15. The molecule has 0 amide bonds. The van der Waals surface area contributed by atoms with Gasteiger partial charge in [-0.25, -0.2) is 14.3 Å².